The molecule has 0 saturated carbocycles. The van der Waals surface area contributed by atoms with Gasteiger partial charge in [0.25, 0.3) is 0 Å². The minimum absolute atomic E-state index is 0.217. The van der Waals surface area contributed by atoms with Gasteiger partial charge in [-0.15, -0.1) is 0 Å². The van der Waals surface area contributed by atoms with Gasteiger partial charge in [-0.25, -0.2) is 0 Å². The monoisotopic (exact) mass is 452 g/mol. The van der Waals surface area contributed by atoms with Crippen LogP contribution >= 0.6 is 39.1 Å². The normalized spacial score (nSPS) is 17.0. The lowest BCUT2D eigenvalue weighted by atomic mass is 9.88. The Morgan fingerprint density at radius 2 is 1.92 bits per heavy atom. The van der Waals surface area contributed by atoms with Crippen molar-refractivity contribution >= 4 is 39.1 Å². The van der Waals surface area contributed by atoms with Crippen molar-refractivity contribution in [3.63, 3.8) is 0 Å². The maximum atomic E-state index is 10.3. The van der Waals surface area contributed by atoms with Gasteiger partial charge in [-0.1, -0.05) is 54.6 Å². The first-order chi connectivity index (χ1) is 11.9. The van der Waals surface area contributed by atoms with Crippen molar-refractivity contribution in [1.82, 2.24) is 0 Å². The van der Waals surface area contributed by atoms with Crippen LogP contribution in [0.4, 0.5) is 0 Å². The summed E-state index contributed by atoms with van der Waals surface area (Å²) in [5, 5.41) is 20.3. The van der Waals surface area contributed by atoms with E-state index >= 15 is 0 Å². The van der Waals surface area contributed by atoms with Gasteiger partial charge in [0, 0.05) is 33.4 Å². The lowest BCUT2D eigenvalue weighted by molar-refractivity contribution is 0.100. The van der Waals surface area contributed by atoms with E-state index in [0.29, 0.717) is 18.8 Å². The lowest BCUT2D eigenvalue weighted by Gasteiger charge is -2.22. The summed E-state index contributed by atoms with van der Waals surface area (Å²) in [6.07, 6.45) is 7.53. The quantitative estimate of drug-likeness (QED) is 0.252. The van der Waals surface area contributed by atoms with Gasteiger partial charge in [0.1, 0.15) is 0 Å². The van der Waals surface area contributed by atoms with E-state index in [1.54, 1.807) is 11.6 Å². The van der Waals surface area contributed by atoms with Gasteiger partial charge in [0.15, 0.2) is 0 Å². The van der Waals surface area contributed by atoms with Crippen molar-refractivity contribution in [2.75, 3.05) is 0 Å². The van der Waals surface area contributed by atoms with Crippen LogP contribution in [0.15, 0.2) is 22.7 Å². The average molecular weight is 454 g/mol. The molecule has 0 aromatic carbocycles. The molecule has 0 radical (unpaired) electrons. The maximum Gasteiger partial charge on any atom is 0.0600 e. The van der Waals surface area contributed by atoms with E-state index in [4.69, 9.17) is 23.2 Å². The van der Waals surface area contributed by atoms with E-state index in [9.17, 15) is 10.2 Å². The molecular formula is C20H31BrCl2O2. The number of unbranched alkanes of at least 4 members (excludes halogenated alkanes) is 1. The molecule has 0 fully saturated rings. The minimum Gasteiger partial charge on any atom is -0.393 e. The molecule has 2 nitrogen and oxygen atoms in total. The van der Waals surface area contributed by atoms with E-state index in [0.717, 1.165) is 44.1 Å². The fourth-order valence-electron chi connectivity index (χ4n) is 2.87. The molecule has 0 aliphatic rings. The van der Waals surface area contributed by atoms with Crippen LogP contribution in [-0.2, 0) is 0 Å². The third kappa shape index (κ3) is 13.8. The fourth-order valence-corrected chi connectivity index (χ4v) is 3.37. The third-order valence-electron chi connectivity index (χ3n) is 4.41. The van der Waals surface area contributed by atoms with E-state index in [2.05, 4.69) is 40.5 Å². The molecule has 0 bridgehead atoms. The number of aliphatic hydroxyl groups is 2. The largest absolute Gasteiger partial charge is 0.393 e. The molecule has 0 rings (SSSR count). The van der Waals surface area contributed by atoms with Crippen LogP contribution in [0, 0.1) is 22.6 Å². The van der Waals surface area contributed by atoms with Gasteiger partial charge in [-0.3, -0.25) is 0 Å². The second-order valence-corrected chi connectivity index (χ2v) is 7.68. The van der Waals surface area contributed by atoms with Gasteiger partial charge in [0.2, 0.25) is 0 Å². The molecule has 2 N–H and O–H groups in total. The molecule has 4 atom stereocenters. The Balaban J connectivity index is 4.08. The summed E-state index contributed by atoms with van der Waals surface area (Å²) in [5.74, 6) is 3.63. The molecule has 144 valence electrons. The molecule has 0 aromatic heterocycles. The molecular weight excluding hydrogens is 423 g/mol. The van der Waals surface area contributed by atoms with E-state index in [1.807, 2.05) is 0 Å². The predicted molar refractivity (Wildman–Crippen MR) is 113 cm³/mol. The van der Waals surface area contributed by atoms with Crippen LogP contribution in [0.1, 0.15) is 65.2 Å². The van der Waals surface area contributed by atoms with Crippen LogP contribution in [0.25, 0.3) is 0 Å². The molecule has 5 heteroatoms. The summed E-state index contributed by atoms with van der Waals surface area (Å²) in [5.41, 5.74) is 4.12. The molecule has 0 saturated heterocycles. The van der Waals surface area contributed by atoms with Gasteiger partial charge >= 0.3 is 0 Å². The number of hydrogen-bond donors (Lipinski definition) is 2. The smallest absolute Gasteiger partial charge is 0.0600 e. The number of rotatable bonds is 13. The zero-order valence-electron chi connectivity index (χ0n) is 15.2. The first-order valence-corrected chi connectivity index (χ1v) is 10.6. The van der Waals surface area contributed by atoms with E-state index in [1.165, 1.54) is 5.54 Å². The van der Waals surface area contributed by atoms with Gasteiger partial charge in [0.05, 0.1) is 12.2 Å². The zero-order valence-corrected chi connectivity index (χ0v) is 18.3. The molecule has 4 unspecified atom stereocenters. The van der Waals surface area contributed by atoms with Gasteiger partial charge in [-0.2, -0.15) is 0 Å². The van der Waals surface area contributed by atoms with Crippen LogP contribution in [-0.4, -0.2) is 22.4 Å². The molecule has 0 aliphatic heterocycles. The van der Waals surface area contributed by atoms with Crippen molar-refractivity contribution in [2.45, 2.75) is 77.4 Å². The Bertz CT molecular complexity index is 454. The average Bonchev–Trinajstić information content (AvgIpc) is 2.60. The Hall–Kier alpha value is 0.0200. The summed E-state index contributed by atoms with van der Waals surface area (Å²) in [4.78, 5) is 2.70. The molecule has 0 heterocycles. The Kier molecular flexibility index (Phi) is 16.2. The molecule has 0 spiro atoms. The highest BCUT2D eigenvalue weighted by atomic mass is 79.9. The van der Waals surface area contributed by atoms with Crippen LogP contribution in [0.3, 0.4) is 0 Å². The molecule has 0 aromatic rings. The topological polar surface area (TPSA) is 40.5 Å². The van der Waals surface area contributed by atoms with Crippen molar-refractivity contribution in [1.29, 1.82) is 0 Å². The van der Waals surface area contributed by atoms with Crippen LogP contribution in [0.5, 0.6) is 0 Å². The second kappa shape index (κ2) is 16.2. The third-order valence-corrected chi connectivity index (χ3v) is 5.18. The highest BCUT2D eigenvalue weighted by molar-refractivity contribution is 9.12. The standard InChI is InChI=1S/C20H31BrCl2O2/c1-16(13-17(2)20(25)8-6-12-22)9-10-19(24)14-18(15-23)7-4-3-5-11-21/h6,12,15-17,19-20,24-25H,3-4,7-10,13-14H2,1-2H3. The SMILES string of the molecule is CC(CCC(O)CC(=CCl)CCCC#CBr)CC(C)C(O)CC=CCl. The highest BCUT2D eigenvalue weighted by Gasteiger charge is 2.17. The van der Waals surface area contributed by atoms with E-state index in [-0.39, 0.29) is 18.1 Å². The summed E-state index contributed by atoms with van der Waals surface area (Å²) in [6, 6.07) is 0. The van der Waals surface area contributed by atoms with Crippen LogP contribution < -0.4 is 0 Å². The van der Waals surface area contributed by atoms with Crippen molar-refractivity contribution in [3.8, 4) is 10.8 Å². The first-order valence-electron chi connectivity index (χ1n) is 8.92. The zero-order chi connectivity index (χ0) is 19.1. The summed E-state index contributed by atoms with van der Waals surface area (Å²) in [7, 11) is 0. The minimum atomic E-state index is -0.367. The Labute approximate surface area is 171 Å². The highest BCUT2D eigenvalue weighted by Crippen LogP contribution is 2.24. The lowest BCUT2D eigenvalue weighted by Crippen LogP contribution is -2.20. The predicted octanol–water partition coefficient (Wildman–Crippen LogP) is 6.33. The summed E-state index contributed by atoms with van der Waals surface area (Å²) < 4.78 is 0. The summed E-state index contributed by atoms with van der Waals surface area (Å²) >= 11 is 14.4. The Morgan fingerprint density at radius 1 is 1.20 bits per heavy atom. The summed E-state index contributed by atoms with van der Waals surface area (Å²) in [6.45, 7) is 4.23. The molecule has 0 aliphatic carbocycles. The van der Waals surface area contributed by atoms with E-state index < -0.39 is 0 Å². The number of hydrogen-bond acceptors (Lipinski definition) is 2. The van der Waals surface area contributed by atoms with Crippen molar-refractivity contribution in [3.05, 3.63) is 22.7 Å². The van der Waals surface area contributed by atoms with Gasteiger partial charge in [-0.05, 0) is 61.6 Å². The van der Waals surface area contributed by atoms with Crippen molar-refractivity contribution < 1.29 is 10.2 Å². The molecule has 0 amide bonds. The maximum absolute atomic E-state index is 10.3. The van der Waals surface area contributed by atoms with Crippen LogP contribution in [0.2, 0.25) is 0 Å². The van der Waals surface area contributed by atoms with Gasteiger partial charge < -0.3 is 10.2 Å². The van der Waals surface area contributed by atoms with Crippen molar-refractivity contribution in [2.24, 2.45) is 11.8 Å². The molecule has 25 heavy (non-hydrogen) atoms. The number of halogens is 3. The Morgan fingerprint density at radius 3 is 2.52 bits per heavy atom. The first kappa shape index (κ1) is 25.0. The number of aliphatic hydroxyl groups excluding tert-OH is 2. The fraction of sp³-hybridized carbons (Fsp3) is 0.700. The second-order valence-electron chi connectivity index (χ2n) is 6.81.